The van der Waals surface area contributed by atoms with Crippen molar-refractivity contribution in [3.05, 3.63) is 48.0 Å². The summed E-state index contributed by atoms with van der Waals surface area (Å²) in [5.41, 5.74) is 2.94. The molecule has 1 atom stereocenters. The highest BCUT2D eigenvalue weighted by Gasteiger charge is 2.18. The minimum absolute atomic E-state index is 0.160. The second-order valence-electron chi connectivity index (χ2n) is 4.34. The molecule has 1 rings (SSSR count). The molecular formula is C14H19Br. The molecule has 15 heavy (non-hydrogen) atoms. The average molecular weight is 267 g/mol. The molecule has 0 radical (unpaired) electrons. The van der Waals surface area contributed by atoms with E-state index in [1.165, 1.54) is 11.1 Å². The number of halogens is 1. The van der Waals surface area contributed by atoms with Gasteiger partial charge in [0.15, 0.2) is 0 Å². The lowest BCUT2D eigenvalue weighted by Crippen LogP contribution is -2.18. The van der Waals surface area contributed by atoms with Crippen LogP contribution in [0.5, 0.6) is 0 Å². The number of benzene rings is 1. The molecule has 1 unspecified atom stereocenters. The minimum Gasteiger partial charge on any atom is -0.102 e. The lowest BCUT2D eigenvalue weighted by atomic mass is 9.86. The van der Waals surface area contributed by atoms with Crippen LogP contribution in [0.4, 0.5) is 0 Å². The van der Waals surface area contributed by atoms with E-state index >= 15 is 0 Å². The van der Waals surface area contributed by atoms with E-state index in [0.717, 1.165) is 18.2 Å². The molecule has 0 amide bonds. The van der Waals surface area contributed by atoms with Gasteiger partial charge in [0, 0.05) is 5.33 Å². The number of hydrogen-bond acceptors (Lipinski definition) is 0. The van der Waals surface area contributed by atoms with Crippen molar-refractivity contribution in [3.63, 3.8) is 0 Å². The van der Waals surface area contributed by atoms with Crippen LogP contribution in [-0.4, -0.2) is 5.33 Å². The Balaban J connectivity index is 2.76. The zero-order valence-electron chi connectivity index (χ0n) is 9.59. The summed E-state index contributed by atoms with van der Waals surface area (Å²) in [5.74, 6) is 0. The van der Waals surface area contributed by atoms with Crippen LogP contribution in [-0.2, 0) is 12.8 Å². The quantitative estimate of drug-likeness (QED) is 0.548. The van der Waals surface area contributed by atoms with Crippen molar-refractivity contribution in [1.29, 1.82) is 0 Å². The molecule has 0 aromatic heterocycles. The molecule has 1 aromatic rings. The van der Waals surface area contributed by atoms with Gasteiger partial charge in [0.2, 0.25) is 0 Å². The number of aryl methyl sites for hydroxylation is 1. The Labute approximate surface area is 102 Å². The molecule has 0 saturated carbocycles. The van der Waals surface area contributed by atoms with Crippen molar-refractivity contribution < 1.29 is 0 Å². The first-order valence-corrected chi connectivity index (χ1v) is 6.53. The Kier molecular flexibility index (Phi) is 4.59. The molecular weight excluding hydrogens is 248 g/mol. The molecule has 0 bridgehead atoms. The van der Waals surface area contributed by atoms with Crippen molar-refractivity contribution >= 4 is 15.9 Å². The van der Waals surface area contributed by atoms with Gasteiger partial charge in [-0.05, 0) is 29.4 Å². The predicted octanol–water partition coefficient (Wildman–Crippen LogP) is 4.38. The molecule has 0 heterocycles. The Morgan fingerprint density at radius 1 is 1.27 bits per heavy atom. The summed E-state index contributed by atoms with van der Waals surface area (Å²) in [6.45, 7) is 8.31. The van der Waals surface area contributed by atoms with E-state index in [-0.39, 0.29) is 5.41 Å². The second kappa shape index (κ2) is 5.50. The van der Waals surface area contributed by atoms with Gasteiger partial charge in [-0.15, -0.1) is 6.58 Å². The first-order valence-electron chi connectivity index (χ1n) is 5.41. The highest BCUT2D eigenvalue weighted by molar-refractivity contribution is 9.09. The lowest BCUT2D eigenvalue weighted by molar-refractivity contribution is 0.493. The third-order valence-electron chi connectivity index (χ3n) is 2.84. The Bertz CT molecular complexity index is 313. The summed E-state index contributed by atoms with van der Waals surface area (Å²) < 4.78 is 0. The molecule has 1 heteroatoms. The van der Waals surface area contributed by atoms with Crippen molar-refractivity contribution in [3.8, 4) is 0 Å². The normalized spacial score (nSPS) is 14.6. The van der Waals surface area contributed by atoms with Gasteiger partial charge >= 0.3 is 0 Å². The fourth-order valence-electron chi connectivity index (χ4n) is 1.53. The maximum absolute atomic E-state index is 3.90. The standard InChI is InChI=1S/C14H19Br/c1-4-12-6-8-13(9-7-12)10-14(3,5-2)11-15/h5-9H,2,4,10-11H2,1,3H3. The van der Waals surface area contributed by atoms with Crippen molar-refractivity contribution in [2.24, 2.45) is 5.41 Å². The first kappa shape index (κ1) is 12.5. The van der Waals surface area contributed by atoms with Crippen LogP contribution in [0.3, 0.4) is 0 Å². The largest absolute Gasteiger partial charge is 0.102 e. The maximum Gasteiger partial charge on any atom is 0.0123 e. The van der Waals surface area contributed by atoms with Crippen molar-refractivity contribution in [1.82, 2.24) is 0 Å². The number of hydrogen-bond donors (Lipinski definition) is 0. The number of alkyl halides is 1. The average Bonchev–Trinajstić information content (AvgIpc) is 2.30. The highest BCUT2D eigenvalue weighted by Crippen LogP contribution is 2.26. The molecule has 0 fully saturated rings. The van der Waals surface area contributed by atoms with Crippen LogP contribution in [0.2, 0.25) is 0 Å². The molecule has 0 N–H and O–H groups in total. The third-order valence-corrected chi connectivity index (χ3v) is 4.12. The van der Waals surface area contributed by atoms with Crippen molar-refractivity contribution in [2.45, 2.75) is 26.7 Å². The lowest BCUT2D eigenvalue weighted by Gasteiger charge is -2.22. The fraction of sp³-hybridized carbons (Fsp3) is 0.429. The zero-order valence-corrected chi connectivity index (χ0v) is 11.2. The predicted molar refractivity (Wildman–Crippen MR) is 71.6 cm³/mol. The van der Waals surface area contributed by atoms with Crippen LogP contribution in [0, 0.1) is 5.41 Å². The van der Waals surface area contributed by atoms with E-state index in [9.17, 15) is 0 Å². The number of rotatable bonds is 5. The SMILES string of the molecule is C=CC(C)(CBr)Cc1ccc(CC)cc1. The Morgan fingerprint density at radius 2 is 1.80 bits per heavy atom. The van der Waals surface area contributed by atoms with Crippen LogP contribution < -0.4 is 0 Å². The maximum atomic E-state index is 3.90. The van der Waals surface area contributed by atoms with Gasteiger partial charge in [-0.3, -0.25) is 0 Å². The second-order valence-corrected chi connectivity index (χ2v) is 4.90. The zero-order chi connectivity index (χ0) is 11.3. The summed E-state index contributed by atoms with van der Waals surface area (Å²) in [6, 6.07) is 8.88. The van der Waals surface area contributed by atoms with Gasteiger partial charge in [0.05, 0.1) is 0 Å². The van der Waals surface area contributed by atoms with E-state index in [1.54, 1.807) is 0 Å². The van der Waals surface area contributed by atoms with Crippen molar-refractivity contribution in [2.75, 3.05) is 5.33 Å². The molecule has 82 valence electrons. The molecule has 1 aromatic carbocycles. The smallest absolute Gasteiger partial charge is 0.0123 e. The van der Waals surface area contributed by atoms with E-state index in [4.69, 9.17) is 0 Å². The summed E-state index contributed by atoms with van der Waals surface area (Å²) in [4.78, 5) is 0. The Morgan fingerprint density at radius 3 is 2.20 bits per heavy atom. The van der Waals surface area contributed by atoms with Gasteiger partial charge in [-0.25, -0.2) is 0 Å². The topological polar surface area (TPSA) is 0 Å². The van der Waals surface area contributed by atoms with Gasteiger partial charge in [0.25, 0.3) is 0 Å². The van der Waals surface area contributed by atoms with Crippen LogP contribution >= 0.6 is 15.9 Å². The molecule has 0 saturated heterocycles. The fourth-order valence-corrected chi connectivity index (χ4v) is 1.96. The van der Waals surface area contributed by atoms with Crippen LogP contribution in [0.15, 0.2) is 36.9 Å². The molecule has 0 aliphatic carbocycles. The summed E-state index contributed by atoms with van der Waals surface area (Å²) in [6.07, 6.45) is 4.19. The first-order chi connectivity index (χ1) is 7.13. The highest BCUT2D eigenvalue weighted by atomic mass is 79.9. The monoisotopic (exact) mass is 266 g/mol. The molecule has 0 spiro atoms. The van der Waals surface area contributed by atoms with E-state index < -0.39 is 0 Å². The molecule has 0 aliphatic heterocycles. The van der Waals surface area contributed by atoms with Crippen LogP contribution in [0.1, 0.15) is 25.0 Å². The van der Waals surface area contributed by atoms with Crippen LogP contribution in [0.25, 0.3) is 0 Å². The minimum atomic E-state index is 0.160. The van der Waals surface area contributed by atoms with E-state index in [2.05, 4.69) is 60.6 Å². The summed E-state index contributed by atoms with van der Waals surface area (Å²) in [5, 5.41) is 0.957. The van der Waals surface area contributed by atoms with Gasteiger partial charge in [-0.1, -0.05) is 60.1 Å². The van der Waals surface area contributed by atoms with Gasteiger partial charge in [0.1, 0.15) is 0 Å². The number of allylic oxidation sites excluding steroid dienone is 1. The summed E-state index contributed by atoms with van der Waals surface area (Å²) in [7, 11) is 0. The third kappa shape index (κ3) is 3.49. The summed E-state index contributed by atoms with van der Waals surface area (Å²) >= 11 is 3.55. The molecule has 0 aliphatic rings. The van der Waals surface area contributed by atoms with E-state index in [0.29, 0.717) is 0 Å². The van der Waals surface area contributed by atoms with E-state index in [1.807, 2.05) is 6.08 Å². The Hall–Kier alpha value is -0.560. The van der Waals surface area contributed by atoms with Gasteiger partial charge in [-0.2, -0.15) is 0 Å². The molecule has 0 nitrogen and oxygen atoms in total. The van der Waals surface area contributed by atoms with Gasteiger partial charge < -0.3 is 0 Å².